The quantitative estimate of drug-likeness (QED) is 0.796. The van der Waals surface area contributed by atoms with Gasteiger partial charge in [0.05, 0.1) is 7.11 Å². The number of aromatic nitrogens is 1. The Morgan fingerprint density at radius 2 is 2.28 bits per heavy atom. The fourth-order valence-electron chi connectivity index (χ4n) is 1.77. The number of nitrogens with zero attached hydrogens (tertiary/aromatic N) is 1. The van der Waals surface area contributed by atoms with Crippen LogP contribution in [0.15, 0.2) is 18.3 Å². The fraction of sp³-hybridized carbons (Fsp3) is 0.538. The van der Waals surface area contributed by atoms with E-state index in [0.29, 0.717) is 23.9 Å². The van der Waals surface area contributed by atoms with E-state index in [1.54, 1.807) is 18.3 Å². The van der Waals surface area contributed by atoms with Gasteiger partial charge in [-0.15, -0.1) is 0 Å². The summed E-state index contributed by atoms with van der Waals surface area (Å²) in [4.78, 5) is 16.1. The van der Waals surface area contributed by atoms with E-state index < -0.39 is 0 Å². The van der Waals surface area contributed by atoms with Crippen LogP contribution in [0.1, 0.15) is 30.6 Å². The Labute approximate surface area is 108 Å². The van der Waals surface area contributed by atoms with Gasteiger partial charge in [-0.05, 0) is 24.5 Å². The second-order valence-electron chi connectivity index (χ2n) is 4.60. The van der Waals surface area contributed by atoms with Gasteiger partial charge in [0, 0.05) is 18.8 Å². The molecule has 0 aliphatic rings. The first-order chi connectivity index (χ1) is 8.58. The number of hydrogen-bond donors (Lipinski definition) is 2. The van der Waals surface area contributed by atoms with Crippen molar-refractivity contribution in [3.05, 3.63) is 23.9 Å². The number of hydrogen-bond acceptors (Lipinski definition) is 4. The first kappa shape index (κ1) is 14.4. The number of carbonyl (C=O) groups is 1. The highest BCUT2D eigenvalue weighted by Crippen LogP contribution is 2.14. The van der Waals surface area contributed by atoms with Crippen molar-refractivity contribution in [2.24, 2.45) is 11.7 Å². The molecule has 1 aromatic heterocycles. The number of nitrogens with one attached hydrogen (secondary N) is 1. The molecule has 0 aromatic carbocycles. The maximum absolute atomic E-state index is 12.1. The Bertz CT molecular complexity index is 394. The van der Waals surface area contributed by atoms with Gasteiger partial charge in [0.1, 0.15) is 5.56 Å². The molecule has 1 amide bonds. The van der Waals surface area contributed by atoms with Crippen molar-refractivity contribution in [1.29, 1.82) is 0 Å². The third kappa shape index (κ3) is 4.00. The lowest BCUT2D eigenvalue weighted by atomic mass is 10.0. The first-order valence-electron chi connectivity index (χ1n) is 6.08. The summed E-state index contributed by atoms with van der Waals surface area (Å²) in [5.74, 6) is 0.612. The average molecular weight is 251 g/mol. The summed E-state index contributed by atoms with van der Waals surface area (Å²) < 4.78 is 5.06. The minimum Gasteiger partial charge on any atom is -0.480 e. The predicted octanol–water partition coefficient (Wildman–Crippen LogP) is 1.19. The summed E-state index contributed by atoms with van der Waals surface area (Å²) in [5, 5.41) is 2.91. The zero-order valence-electron chi connectivity index (χ0n) is 11.1. The molecule has 3 N–H and O–H groups in total. The molecule has 1 heterocycles. The summed E-state index contributed by atoms with van der Waals surface area (Å²) in [7, 11) is 1.49. The third-order valence-electron chi connectivity index (χ3n) is 2.58. The topological polar surface area (TPSA) is 77.2 Å². The lowest BCUT2D eigenvalue weighted by Crippen LogP contribution is -2.41. The van der Waals surface area contributed by atoms with Crippen LogP contribution in [0.4, 0.5) is 0 Å². The molecule has 0 bridgehead atoms. The van der Waals surface area contributed by atoms with E-state index in [9.17, 15) is 4.79 Å². The minimum absolute atomic E-state index is 0.0255. The molecule has 100 valence electrons. The lowest BCUT2D eigenvalue weighted by molar-refractivity contribution is 0.0930. The van der Waals surface area contributed by atoms with Gasteiger partial charge in [0.25, 0.3) is 5.91 Å². The Morgan fingerprint density at radius 1 is 1.56 bits per heavy atom. The van der Waals surface area contributed by atoms with Crippen LogP contribution >= 0.6 is 0 Å². The maximum atomic E-state index is 12.1. The van der Waals surface area contributed by atoms with Gasteiger partial charge in [0.15, 0.2) is 0 Å². The summed E-state index contributed by atoms with van der Waals surface area (Å²) in [5.41, 5.74) is 6.09. The Balaban J connectivity index is 2.74. The molecule has 0 spiro atoms. The fourth-order valence-corrected chi connectivity index (χ4v) is 1.77. The van der Waals surface area contributed by atoms with E-state index >= 15 is 0 Å². The van der Waals surface area contributed by atoms with Crippen molar-refractivity contribution in [3.8, 4) is 5.88 Å². The van der Waals surface area contributed by atoms with Crippen LogP contribution < -0.4 is 15.8 Å². The molecule has 0 aliphatic carbocycles. The highest BCUT2D eigenvalue weighted by atomic mass is 16.5. The van der Waals surface area contributed by atoms with Crippen LogP contribution in [-0.2, 0) is 0 Å². The second kappa shape index (κ2) is 6.96. The molecule has 18 heavy (non-hydrogen) atoms. The molecule has 1 unspecified atom stereocenters. The number of carbonyl (C=O) groups excluding carboxylic acids is 1. The minimum atomic E-state index is -0.198. The zero-order chi connectivity index (χ0) is 13.5. The molecule has 0 saturated heterocycles. The Kier molecular flexibility index (Phi) is 5.58. The van der Waals surface area contributed by atoms with Gasteiger partial charge in [-0.3, -0.25) is 4.79 Å². The van der Waals surface area contributed by atoms with Crippen molar-refractivity contribution in [2.75, 3.05) is 13.7 Å². The van der Waals surface area contributed by atoms with Gasteiger partial charge >= 0.3 is 0 Å². The molecular formula is C13H21N3O2. The van der Waals surface area contributed by atoms with Crippen LogP contribution in [0.3, 0.4) is 0 Å². The monoisotopic (exact) mass is 251 g/mol. The molecule has 1 rings (SSSR count). The van der Waals surface area contributed by atoms with Gasteiger partial charge in [0.2, 0.25) is 5.88 Å². The summed E-state index contributed by atoms with van der Waals surface area (Å²) >= 11 is 0. The van der Waals surface area contributed by atoms with Gasteiger partial charge < -0.3 is 15.8 Å². The molecule has 5 heteroatoms. The standard InChI is InChI=1S/C13H21N3O2/c1-9(2)7-10(8-14)16-12(17)11-5-4-6-15-13(11)18-3/h4-6,9-10H,7-8,14H2,1-3H3,(H,16,17). The van der Waals surface area contributed by atoms with Gasteiger partial charge in [-0.2, -0.15) is 0 Å². The number of nitrogens with two attached hydrogens (primary N) is 1. The van der Waals surface area contributed by atoms with E-state index in [2.05, 4.69) is 24.1 Å². The molecule has 0 radical (unpaired) electrons. The summed E-state index contributed by atoms with van der Waals surface area (Å²) in [6.45, 7) is 4.62. The van der Waals surface area contributed by atoms with Crippen molar-refractivity contribution in [3.63, 3.8) is 0 Å². The smallest absolute Gasteiger partial charge is 0.257 e. The van der Waals surface area contributed by atoms with Gasteiger partial charge in [-0.1, -0.05) is 13.8 Å². The molecule has 0 aliphatic heterocycles. The highest BCUT2D eigenvalue weighted by molar-refractivity contribution is 5.96. The number of methoxy groups -OCH3 is 1. The first-order valence-corrected chi connectivity index (χ1v) is 6.08. The van der Waals surface area contributed by atoms with E-state index in [4.69, 9.17) is 10.5 Å². The van der Waals surface area contributed by atoms with Crippen molar-refractivity contribution in [1.82, 2.24) is 10.3 Å². The van der Waals surface area contributed by atoms with Crippen molar-refractivity contribution < 1.29 is 9.53 Å². The molecule has 0 saturated carbocycles. The van der Waals surface area contributed by atoms with E-state index in [1.807, 2.05) is 0 Å². The molecule has 1 atom stereocenters. The molecular weight excluding hydrogens is 230 g/mol. The average Bonchev–Trinajstić information content (AvgIpc) is 2.37. The van der Waals surface area contributed by atoms with Crippen LogP contribution in [-0.4, -0.2) is 30.6 Å². The normalized spacial score (nSPS) is 12.3. The maximum Gasteiger partial charge on any atom is 0.257 e. The van der Waals surface area contributed by atoms with Crippen molar-refractivity contribution >= 4 is 5.91 Å². The zero-order valence-corrected chi connectivity index (χ0v) is 11.1. The van der Waals surface area contributed by atoms with Crippen molar-refractivity contribution in [2.45, 2.75) is 26.3 Å². The third-order valence-corrected chi connectivity index (χ3v) is 2.58. The molecule has 1 aromatic rings. The highest BCUT2D eigenvalue weighted by Gasteiger charge is 2.17. The number of ether oxygens (including phenoxy) is 1. The SMILES string of the molecule is COc1ncccc1C(=O)NC(CN)CC(C)C. The van der Waals surface area contributed by atoms with Crippen LogP contribution in [0.25, 0.3) is 0 Å². The number of amides is 1. The number of pyridine rings is 1. The van der Waals surface area contributed by atoms with Crippen LogP contribution in [0.2, 0.25) is 0 Å². The van der Waals surface area contributed by atoms with Gasteiger partial charge in [-0.25, -0.2) is 4.98 Å². The molecule has 5 nitrogen and oxygen atoms in total. The van der Waals surface area contributed by atoms with Crippen LogP contribution in [0, 0.1) is 5.92 Å². The summed E-state index contributed by atoms with van der Waals surface area (Å²) in [6.07, 6.45) is 2.44. The van der Waals surface area contributed by atoms with E-state index in [1.165, 1.54) is 7.11 Å². The Hall–Kier alpha value is -1.62. The second-order valence-corrected chi connectivity index (χ2v) is 4.60. The lowest BCUT2D eigenvalue weighted by Gasteiger charge is -2.19. The predicted molar refractivity (Wildman–Crippen MR) is 70.6 cm³/mol. The van der Waals surface area contributed by atoms with E-state index in [-0.39, 0.29) is 11.9 Å². The summed E-state index contributed by atoms with van der Waals surface area (Å²) in [6, 6.07) is 3.36. The Morgan fingerprint density at radius 3 is 2.83 bits per heavy atom. The molecule has 0 fully saturated rings. The van der Waals surface area contributed by atoms with Crippen LogP contribution in [0.5, 0.6) is 5.88 Å². The largest absolute Gasteiger partial charge is 0.480 e. The number of rotatable bonds is 6. The van der Waals surface area contributed by atoms with E-state index in [0.717, 1.165) is 6.42 Å².